The van der Waals surface area contributed by atoms with Gasteiger partial charge in [-0.2, -0.15) is 0 Å². The summed E-state index contributed by atoms with van der Waals surface area (Å²) in [6.45, 7) is 0. The van der Waals surface area contributed by atoms with Crippen molar-refractivity contribution < 1.29 is 4.39 Å². The molecule has 0 amide bonds. The third-order valence-corrected chi connectivity index (χ3v) is 4.88. The van der Waals surface area contributed by atoms with Gasteiger partial charge in [0.05, 0.1) is 4.34 Å². The van der Waals surface area contributed by atoms with Gasteiger partial charge in [0.1, 0.15) is 5.82 Å². The van der Waals surface area contributed by atoms with Crippen LogP contribution in [-0.2, 0) is 6.42 Å². The zero-order valence-electron chi connectivity index (χ0n) is 9.79. The average Bonchev–Trinajstić information content (AvgIpc) is 2.81. The molecular weight excluding hydrogens is 347 g/mol. The minimum absolute atomic E-state index is 0.150. The first kappa shape index (κ1) is 13.1. The van der Waals surface area contributed by atoms with Crippen LogP contribution in [0.4, 0.5) is 4.39 Å². The molecule has 0 N–H and O–H groups in total. The van der Waals surface area contributed by atoms with Crippen LogP contribution in [0.15, 0.2) is 46.9 Å². The maximum atomic E-state index is 14.5. The Kier molecular flexibility index (Phi) is 3.61. The molecule has 0 aliphatic rings. The highest BCUT2D eigenvalue weighted by molar-refractivity contribution is 9.10. The van der Waals surface area contributed by atoms with Gasteiger partial charge in [0, 0.05) is 21.2 Å². The second kappa shape index (κ2) is 5.23. The van der Waals surface area contributed by atoms with Gasteiger partial charge in [-0.15, -0.1) is 11.3 Å². The summed E-state index contributed by atoms with van der Waals surface area (Å²) in [6, 6.07) is 13.1. The lowest BCUT2D eigenvalue weighted by molar-refractivity contribution is 0.626. The standard InChI is InChI=1S/C15H9BrClFS/c16-13-8-9(7-10-5-6-14(17)19-10)15(18)12-4-2-1-3-11(12)13/h1-6,8H,7H2. The van der Waals surface area contributed by atoms with E-state index in [4.69, 9.17) is 11.6 Å². The van der Waals surface area contributed by atoms with E-state index in [0.717, 1.165) is 19.1 Å². The van der Waals surface area contributed by atoms with Gasteiger partial charge in [0.15, 0.2) is 0 Å². The van der Waals surface area contributed by atoms with Gasteiger partial charge in [-0.1, -0.05) is 51.8 Å². The molecule has 0 atom stereocenters. The van der Waals surface area contributed by atoms with E-state index >= 15 is 0 Å². The number of fused-ring (bicyclic) bond motifs is 1. The topological polar surface area (TPSA) is 0 Å². The molecule has 4 heteroatoms. The maximum absolute atomic E-state index is 14.5. The lowest BCUT2D eigenvalue weighted by atomic mass is 10.0. The van der Waals surface area contributed by atoms with Crippen molar-refractivity contribution in [2.24, 2.45) is 0 Å². The summed E-state index contributed by atoms with van der Waals surface area (Å²) < 4.78 is 16.1. The van der Waals surface area contributed by atoms with Crippen LogP contribution in [0.3, 0.4) is 0 Å². The Hall–Kier alpha value is -0.900. The van der Waals surface area contributed by atoms with Crippen molar-refractivity contribution in [2.45, 2.75) is 6.42 Å². The summed E-state index contributed by atoms with van der Waals surface area (Å²) in [7, 11) is 0. The smallest absolute Gasteiger partial charge is 0.134 e. The highest BCUT2D eigenvalue weighted by Crippen LogP contribution is 2.31. The Morgan fingerprint density at radius 1 is 1.11 bits per heavy atom. The second-order valence-corrected chi connectivity index (χ2v) is 6.91. The van der Waals surface area contributed by atoms with E-state index in [1.807, 2.05) is 36.4 Å². The largest absolute Gasteiger partial charge is 0.206 e. The summed E-state index contributed by atoms with van der Waals surface area (Å²) in [4.78, 5) is 1.06. The molecule has 3 aromatic rings. The maximum Gasteiger partial charge on any atom is 0.134 e. The van der Waals surface area contributed by atoms with Gasteiger partial charge in [-0.25, -0.2) is 4.39 Å². The van der Waals surface area contributed by atoms with E-state index < -0.39 is 0 Å². The van der Waals surface area contributed by atoms with E-state index in [9.17, 15) is 4.39 Å². The molecule has 0 aliphatic carbocycles. The zero-order valence-corrected chi connectivity index (χ0v) is 12.9. The second-order valence-electron chi connectivity index (χ2n) is 4.26. The zero-order chi connectivity index (χ0) is 13.4. The molecule has 0 nitrogen and oxygen atoms in total. The lowest BCUT2D eigenvalue weighted by Crippen LogP contribution is -1.93. The summed E-state index contributed by atoms with van der Waals surface area (Å²) >= 11 is 10.9. The van der Waals surface area contributed by atoms with Gasteiger partial charge >= 0.3 is 0 Å². The SMILES string of the molecule is Fc1c(Cc2ccc(Cl)s2)cc(Br)c2ccccc12. The molecule has 0 aliphatic heterocycles. The van der Waals surface area contributed by atoms with Crippen LogP contribution < -0.4 is 0 Å². The molecular formula is C15H9BrClFS. The van der Waals surface area contributed by atoms with Crippen LogP contribution in [0.25, 0.3) is 10.8 Å². The number of halogens is 3. The molecule has 0 unspecified atom stereocenters. The first-order valence-electron chi connectivity index (χ1n) is 5.75. The van der Waals surface area contributed by atoms with E-state index in [1.54, 1.807) is 6.07 Å². The van der Waals surface area contributed by atoms with Crippen LogP contribution in [0.2, 0.25) is 4.34 Å². The molecule has 1 aromatic heterocycles. The quantitative estimate of drug-likeness (QED) is 0.525. The van der Waals surface area contributed by atoms with Crippen molar-refractivity contribution in [1.29, 1.82) is 0 Å². The minimum atomic E-state index is -0.150. The molecule has 2 aromatic carbocycles. The van der Waals surface area contributed by atoms with Crippen LogP contribution in [0.1, 0.15) is 10.4 Å². The molecule has 0 radical (unpaired) electrons. The third-order valence-electron chi connectivity index (χ3n) is 3.00. The Labute approximate surface area is 128 Å². The van der Waals surface area contributed by atoms with E-state index in [2.05, 4.69) is 15.9 Å². The number of hydrogen-bond acceptors (Lipinski definition) is 1. The molecule has 3 rings (SSSR count). The van der Waals surface area contributed by atoms with Gasteiger partial charge < -0.3 is 0 Å². The Morgan fingerprint density at radius 2 is 1.84 bits per heavy atom. The molecule has 0 bridgehead atoms. The highest BCUT2D eigenvalue weighted by atomic mass is 79.9. The van der Waals surface area contributed by atoms with Crippen molar-refractivity contribution in [3.8, 4) is 0 Å². The fourth-order valence-electron chi connectivity index (χ4n) is 2.11. The molecule has 1 heterocycles. The van der Waals surface area contributed by atoms with Gasteiger partial charge in [-0.3, -0.25) is 0 Å². The van der Waals surface area contributed by atoms with Crippen molar-refractivity contribution in [3.63, 3.8) is 0 Å². The predicted molar refractivity (Wildman–Crippen MR) is 83.7 cm³/mol. The van der Waals surface area contributed by atoms with Crippen LogP contribution in [0, 0.1) is 5.82 Å². The van der Waals surface area contributed by atoms with Crippen molar-refractivity contribution in [3.05, 3.63) is 67.5 Å². The van der Waals surface area contributed by atoms with E-state index in [-0.39, 0.29) is 5.82 Å². The van der Waals surface area contributed by atoms with Crippen LogP contribution in [-0.4, -0.2) is 0 Å². The van der Waals surface area contributed by atoms with Crippen LogP contribution >= 0.6 is 38.9 Å². The fraction of sp³-hybridized carbons (Fsp3) is 0.0667. The molecule has 0 spiro atoms. The molecule has 0 saturated carbocycles. The van der Waals surface area contributed by atoms with Crippen LogP contribution in [0.5, 0.6) is 0 Å². The predicted octanol–water partition coefficient (Wildman–Crippen LogP) is 6.05. The fourth-order valence-corrected chi connectivity index (χ4v) is 3.85. The van der Waals surface area contributed by atoms with E-state index in [0.29, 0.717) is 17.4 Å². The summed E-state index contributed by atoms with van der Waals surface area (Å²) in [5.41, 5.74) is 0.684. The number of hydrogen-bond donors (Lipinski definition) is 0. The van der Waals surface area contributed by atoms with Crippen molar-refractivity contribution >= 4 is 49.6 Å². The highest BCUT2D eigenvalue weighted by Gasteiger charge is 2.11. The number of benzene rings is 2. The van der Waals surface area contributed by atoms with Crippen molar-refractivity contribution in [1.82, 2.24) is 0 Å². The average molecular weight is 356 g/mol. The van der Waals surface area contributed by atoms with Gasteiger partial charge in [0.2, 0.25) is 0 Å². The Morgan fingerprint density at radius 3 is 2.53 bits per heavy atom. The molecule has 96 valence electrons. The van der Waals surface area contributed by atoms with Crippen molar-refractivity contribution in [2.75, 3.05) is 0 Å². The molecule has 19 heavy (non-hydrogen) atoms. The monoisotopic (exact) mass is 354 g/mol. The third kappa shape index (κ3) is 2.55. The molecule has 0 fully saturated rings. The van der Waals surface area contributed by atoms with E-state index in [1.165, 1.54) is 11.3 Å². The normalized spacial score (nSPS) is 11.1. The molecule has 0 saturated heterocycles. The van der Waals surface area contributed by atoms with Gasteiger partial charge in [0.25, 0.3) is 0 Å². The summed E-state index contributed by atoms with van der Waals surface area (Å²) in [6.07, 6.45) is 0.562. The number of thiophene rings is 1. The Bertz CT molecular complexity index is 751. The first-order chi connectivity index (χ1) is 9.15. The summed E-state index contributed by atoms with van der Waals surface area (Å²) in [5, 5.41) is 1.54. The Balaban J connectivity index is 2.11. The van der Waals surface area contributed by atoms with Gasteiger partial charge in [-0.05, 0) is 29.1 Å². The lowest BCUT2D eigenvalue weighted by Gasteiger charge is -2.08. The first-order valence-corrected chi connectivity index (χ1v) is 7.74. The number of rotatable bonds is 2. The minimum Gasteiger partial charge on any atom is -0.206 e. The summed E-state index contributed by atoms with van der Waals surface area (Å²) in [5.74, 6) is -0.150.